The van der Waals surface area contributed by atoms with Crippen LogP contribution in [-0.2, 0) is 0 Å². The summed E-state index contributed by atoms with van der Waals surface area (Å²) < 4.78 is 0. The standard InChI is InChI=1S/C70H56N2/c1-41-29-42(2)34-51(33-41)71(52-35-43(3)30-44(4)36-52)61-27-25-59-65-55(61)21-15-23-57(65)67-63(49-17-11-9-12-18-49)70-60-26-28-62(72(53-37-45(5)31-46(6)38-53)54-39-47(7)32-48(8)40-54)56-22-16-24-58(66(56)60)68(70)64(69(59)67)50-19-13-10-14-20-50/h9-40H,1-8H3. The number of hydrogen-bond donors (Lipinski definition) is 0. The Morgan fingerprint density at radius 3 is 0.778 bits per heavy atom. The van der Waals surface area contributed by atoms with E-state index in [9.17, 15) is 0 Å². The summed E-state index contributed by atoms with van der Waals surface area (Å²) in [6, 6.07) is 73.9. The van der Waals surface area contributed by atoms with Crippen LogP contribution >= 0.6 is 0 Å². The lowest BCUT2D eigenvalue weighted by Gasteiger charge is -2.28. The Morgan fingerprint density at radius 2 is 0.486 bits per heavy atom. The van der Waals surface area contributed by atoms with E-state index in [0.29, 0.717) is 0 Å². The number of hydrogen-bond acceptors (Lipinski definition) is 2. The number of nitrogens with zero attached hydrogens (tertiary/aromatic N) is 2. The lowest BCUT2D eigenvalue weighted by Crippen LogP contribution is -2.11. The van der Waals surface area contributed by atoms with Crippen LogP contribution in [0.2, 0.25) is 0 Å². The molecule has 0 aliphatic carbocycles. The zero-order valence-electron chi connectivity index (χ0n) is 42.4. The van der Waals surface area contributed by atoms with Crippen LogP contribution in [0.3, 0.4) is 0 Å². The molecule has 346 valence electrons. The maximum atomic E-state index is 2.50. The minimum absolute atomic E-state index is 1.17. The number of rotatable bonds is 8. The van der Waals surface area contributed by atoms with Crippen LogP contribution in [0, 0.1) is 55.4 Å². The highest BCUT2D eigenvalue weighted by molar-refractivity contribution is 6.47. The summed E-state index contributed by atoms with van der Waals surface area (Å²) in [6.07, 6.45) is 0. The fourth-order valence-electron chi connectivity index (χ4n) is 12.8. The van der Waals surface area contributed by atoms with E-state index in [2.05, 4.69) is 259 Å². The predicted molar refractivity (Wildman–Crippen MR) is 312 cm³/mol. The molecule has 0 N–H and O–H groups in total. The second-order valence-electron chi connectivity index (χ2n) is 20.8. The fourth-order valence-corrected chi connectivity index (χ4v) is 12.8. The summed E-state index contributed by atoms with van der Waals surface area (Å²) in [6.45, 7) is 17.7. The molecular formula is C70H56N2. The van der Waals surface area contributed by atoms with Crippen molar-refractivity contribution in [2.75, 3.05) is 9.80 Å². The van der Waals surface area contributed by atoms with Gasteiger partial charge in [-0.15, -0.1) is 0 Å². The normalized spacial score (nSPS) is 11.9. The van der Waals surface area contributed by atoms with Gasteiger partial charge in [-0.2, -0.15) is 0 Å². The molecule has 0 atom stereocenters. The Bertz CT molecular complexity index is 3780. The third-order valence-electron chi connectivity index (χ3n) is 15.1. The molecule has 0 unspecified atom stereocenters. The molecule has 0 radical (unpaired) electrons. The van der Waals surface area contributed by atoms with Crippen molar-refractivity contribution in [3.8, 4) is 22.3 Å². The largest absolute Gasteiger partial charge is 0.310 e. The van der Waals surface area contributed by atoms with Crippen molar-refractivity contribution < 1.29 is 0 Å². The van der Waals surface area contributed by atoms with Crippen LogP contribution in [0.15, 0.2) is 194 Å². The van der Waals surface area contributed by atoms with Gasteiger partial charge in [-0.1, -0.05) is 133 Å². The quantitative estimate of drug-likeness (QED) is 0.150. The molecule has 0 aliphatic heterocycles. The minimum Gasteiger partial charge on any atom is -0.310 e. The smallest absolute Gasteiger partial charge is 0.0540 e. The van der Waals surface area contributed by atoms with Gasteiger partial charge in [0, 0.05) is 33.5 Å². The third kappa shape index (κ3) is 6.84. The van der Waals surface area contributed by atoms with Gasteiger partial charge in [-0.05, 0) is 237 Å². The Hall–Kier alpha value is -8.46. The Morgan fingerprint density at radius 1 is 0.222 bits per heavy atom. The van der Waals surface area contributed by atoms with Crippen LogP contribution in [-0.4, -0.2) is 0 Å². The van der Waals surface area contributed by atoms with E-state index in [1.165, 1.54) is 166 Å². The number of fused-ring (bicyclic) bond motifs is 6. The SMILES string of the molecule is Cc1cc(C)cc(N(c2cc(C)cc(C)c2)c2ccc3c4c(-c5ccccc5)c5c6cccc7c(N(c8cc(C)cc(C)c8)c8cc(C)cc(C)c8)ccc(c5c(-c5ccccc5)c4c4cccc2c43)c76)c1. The summed E-state index contributed by atoms with van der Waals surface area (Å²) in [7, 11) is 0. The maximum Gasteiger partial charge on any atom is 0.0540 e. The molecule has 0 bridgehead atoms. The number of benzene rings is 11. The molecule has 0 aromatic heterocycles. The van der Waals surface area contributed by atoms with Crippen molar-refractivity contribution in [1.82, 2.24) is 0 Å². The van der Waals surface area contributed by atoms with Crippen LogP contribution in [0.4, 0.5) is 34.1 Å². The summed E-state index contributed by atoms with van der Waals surface area (Å²) >= 11 is 0. The molecule has 72 heavy (non-hydrogen) atoms. The van der Waals surface area contributed by atoms with Crippen LogP contribution in [0.1, 0.15) is 44.5 Å². The van der Waals surface area contributed by atoms with Crippen molar-refractivity contribution >= 4 is 98.8 Å². The van der Waals surface area contributed by atoms with Gasteiger partial charge >= 0.3 is 0 Å². The van der Waals surface area contributed by atoms with E-state index in [1.807, 2.05) is 0 Å². The summed E-state index contributed by atoms with van der Waals surface area (Å²) in [5.41, 5.74) is 22.0. The summed E-state index contributed by atoms with van der Waals surface area (Å²) in [5.74, 6) is 0. The first-order valence-electron chi connectivity index (χ1n) is 25.4. The predicted octanol–water partition coefficient (Wildman–Crippen LogP) is 20.2. The van der Waals surface area contributed by atoms with E-state index in [1.54, 1.807) is 0 Å². The van der Waals surface area contributed by atoms with E-state index in [-0.39, 0.29) is 0 Å². The van der Waals surface area contributed by atoms with Gasteiger partial charge in [0.05, 0.1) is 11.4 Å². The average Bonchev–Trinajstić information content (AvgIpc) is 3.86. The van der Waals surface area contributed by atoms with Gasteiger partial charge in [-0.3, -0.25) is 0 Å². The van der Waals surface area contributed by atoms with Gasteiger partial charge in [0.2, 0.25) is 0 Å². The van der Waals surface area contributed by atoms with Gasteiger partial charge in [0.15, 0.2) is 0 Å². The molecule has 13 aromatic rings. The second-order valence-corrected chi connectivity index (χ2v) is 20.8. The highest BCUT2D eigenvalue weighted by atomic mass is 15.1. The van der Waals surface area contributed by atoms with Crippen LogP contribution in [0.25, 0.3) is 86.9 Å². The first-order chi connectivity index (χ1) is 35.0. The van der Waals surface area contributed by atoms with Crippen molar-refractivity contribution in [3.05, 3.63) is 239 Å². The topological polar surface area (TPSA) is 6.48 Å². The van der Waals surface area contributed by atoms with Gasteiger partial charge in [0.1, 0.15) is 0 Å². The molecule has 13 aromatic carbocycles. The van der Waals surface area contributed by atoms with Gasteiger partial charge < -0.3 is 9.80 Å². The van der Waals surface area contributed by atoms with Gasteiger partial charge in [0.25, 0.3) is 0 Å². The van der Waals surface area contributed by atoms with Crippen molar-refractivity contribution in [2.24, 2.45) is 0 Å². The minimum atomic E-state index is 1.17. The van der Waals surface area contributed by atoms with Gasteiger partial charge in [-0.25, -0.2) is 0 Å². The molecule has 2 heteroatoms. The number of aryl methyl sites for hydroxylation is 8. The second kappa shape index (κ2) is 16.6. The van der Waals surface area contributed by atoms with Crippen molar-refractivity contribution in [2.45, 2.75) is 55.4 Å². The number of anilines is 6. The first kappa shape index (κ1) is 43.6. The molecule has 0 amide bonds. The molecule has 2 nitrogen and oxygen atoms in total. The average molecular weight is 925 g/mol. The zero-order valence-corrected chi connectivity index (χ0v) is 42.4. The molecule has 0 saturated carbocycles. The summed E-state index contributed by atoms with van der Waals surface area (Å²) in [5, 5.41) is 15.4. The van der Waals surface area contributed by atoms with E-state index >= 15 is 0 Å². The Balaban J connectivity index is 1.19. The molecule has 0 saturated heterocycles. The highest BCUT2D eigenvalue weighted by Gasteiger charge is 2.30. The summed E-state index contributed by atoms with van der Waals surface area (Å²) in [4.78, 5) is 4.99. The molecule has 0 spiro atoms. The first-order valence-corrected chi connectivity index (χ1v) is 25.4. The van der Waals surface area contributed by atoms with Crippen LogP contribution < -0.4 is 9.80 Å². The maximum absolute atomic E-state index is 2.50. The highest BCUT2D eigenvalue weighted by Crippen LogP contribution is 2.58. The van der Waals surface area contributed by atoms with E-state index in [4.69, 9.17) is 0 Å². The van der Waals surface area contributed by atoms with E-state index < -0.39 is 0 Å². The lowest BCUT2D eigenvalue weighted by atomic mass is 9.87. The molecule has 0 fully saturated rings. The molecule has 0 heterocycles. The van der Waals surface area contributed by atoms with E-state index in [0.717, 1.165) is 0 Å². The van der Waals surface area contributed by atoms with Crippen LogP contribution in [0.5, 0.6) is 0 Å². The molecular weight excluding hydrogens is 869 g/mol. The Kier molecular flexibility index (Phi) is 10.0. The lowest BCUT2D eigenvalue weighted by molar-refractivity contribution is 1.24. The van der Waals surface area contributed by atoms with Crippen molar-refractivity contribution in [1.29, 1.82) is 0 Å². The fraction of sp³-hybridized carbons (Fsp3) is 0.114. The third-order valence-corrected chi connectivity index (χ3v) is 15.1. The molecule has 0 aliphatic rings. The van der Waals surface area contributed by atoms with Crippen molar-refractivity contribution in [3.63, 3.8) is 0 Å². The Labute approximate surface area is 422 Å². The zero-order chi connectivity index (χ0) is 49.1. The monoisotopic (exact) mass is 924 g/mol. The molecule has 13 rings (SSSR count).